The third-order valence-corrected chi connectivity index (χ3v) is 3.64. The van der Waals surface area contributed by atoms with Crippen molar-refractivity contribution in [1.29, 1.82) is 0 Å². The van der Waals surface area contributed by atoms with Crippen LogP contribution in [-0.4, -0.2) is 15.2 Å². The second-order valence-corrected chi connectivity index (χ2v) is 5.53. The highest BCUT2D eigenvalue weighted by molar-refractivity contribution is 9.10. The first-order valence-corrected chi connectivity index (χ1v) is 6.41. The van der Waals surface area contributed by atoms with E-state index in [-0.39, 0.29) is 17.3 Å². The fourth-order valence-corrected chi connectivity index (χ4v) is 2.64. The van der Waals surface area contributed by atoms with Crippen molar-refractivity contribution in [2.75, 3.05) is 0 Å². The Kier molecular flexibility index (Phi) is 2.70. The van der Waals surface area contributed by atoms with E-state index in [0.717, 1.165) is 6.07 Å². The molecule has 100 valence electrons. The van der Waals surface area contributed by atoms with Crippen LogP contribution in [0.1, 0.15) is 30.0 Å². The van der Waals surface area contributed by atoms with Crippen LogP contribution in [0.25, 0.3) is 5.65 Å². The number of fused-ring (bicyclic) bond motifs is 1. The third-order valence-electron chi connectivity index (χ3n) is 3.21. The fraction of sp³-hybridized carbons (Fsp3) is 0.333. The van der Waals surface area contributed by atoms with Crippen LogP contribution >= 0.6 is 15.9 Å². The molecule has 0 spiro atoms. The Morgan fingerprint density at radius 3 is 2.58 bits per heavy atom. The van der Waals surface area contributed by atoms with Gasteiger partial charge in [-0.25, -0.2) is 4.98 Å². The molecule has 0 aromatic carbocycles. The summed E-state index contributed by atoms with van der Waals surface area (Å²) in [5.74, 6) is 0.0755. The number of pyridine rings is 1. The van der Waals surface area contributed by atoms with Gasteiger partial charge in [0, 0.05) is 35.6 Å². The molecule has 0 saturated heterocycles. The molecular weight excluding hydrogens is 325 g/mol. The van der Waals surface area contributed by atoms with Crippen LogP contribution in [0.5, 0.6) is 0 Å². The molecule has 3 rings (SSSR count). The molecule has 0 atom stereocenters. The zero-order valence-corrected chi connectivity index (χ0v) is 11.1. The second kappa shape index (κ2) is 4.06. The fourth-order valence-electron chi connectivity index (χ4n) is 2.19. The van der Waals surface area contributed by atoms with Gasteiger partial charge in [-0.2, -0.15) is 13.2 Å². The van der Waals surface area contributed by atoms with Crippen molar-refractivity contribution in [3.8, 4) is 0 Å². The lowest BCUT2D eigenvalue weighted by atomic mass is 9.82. The first kappa shape index (κ1) is 12.7. The first-order valence-electron chi connectivity index (χ1n) is 5.61. The van der Waals surface area contributed by atoms with Gasteiger partial charge < -0.3 is 4.40 Å². The van der Waals surface area contributed by atoms with Crippen LogP contribution in [0.3, 0.4) is 0 Å². The number of carbonyl (C=O) groups is 1. The topological polar surface area (TPSA) is 34.4 Å². The third kappa shape index (κ3) is 2.16. The predicted molar refractivity (Wildman–Crippen MR) is 64.9 cm³/mol. The smallest absolute Gasteiger partial charge is 0.305 e. The molecule has 3 nitrogen and oxygen atoms in total. The monoisotopic (exact) mass is 332 g/mol. The number of nitrogens with zero attached hydrogens (tertiary/aromatic N) is 2. The van der Waals surface area contributed by atoms with Crippen LogP contribution < -0.4 is 0 Å². The van der Waals surface area contributed by atoms with Crippen LogP contribution in [0.4, 0.5) is 13.2 Å². The van der Waals surface area contributed by atoms with E-state index in [9.17, 15) is 18.0 Å². The van der Waals surface area contributed by atoms with Crippen molar-refractivity contribution in [3.05, 3.63) is 34.2 Å². The van der Waals surface area contributed by atoms with Crippen LogP contribution in [0.15, 0.2) is 22.9 Å². The Bertz CT molecular complexity index is 669. The van der Waals surface area contributed by atoms with Crippen molar-refractivity contribution < 1.29 is 18.0 Å². The van der Waals surface area contributed by atoms with Crippen LogP contribution in [0.2, 0.25) is 0 Å². The largest absolute Gasteiger partial charge is 0.420 e. The minimum Gasteiger partial charge on any atom is -0.305 e. The number of hydrogen-bond acceptors (Lipinski definition) is 2. The van der Waals surface area contributed by atoms with Gasteiger partial charge in [0.15, 0.2) is 0 Å². The maximum absolute atomic E-state index is 12.9. The molecule has 0 bridgehead atoms. The first-order chi connectivity index (χ1) is 8.84. The summed E-state index contributed by atoms with van der Waals surface area (Å²) in [6.07, 6.45) is -0.629. The number of Topliss-reactive ketones (excluding diaryl/α,β-unsaturated/α-hetero) is 1. The summed E-state index contributed by atoms with van der Waals surface area (Å²) in [5.41, 5.74) is -0.355. The van der Waals surface area contributed by atoms with Crippen molar-refractivity contribution in [2.24, 2.45) is 0 Å². The molecule has 2 aromatic heterocycles. The molecule has 2 heterocycles. The molecular formula is C12H8BrF3N2O. The average molecular weight is 333 g/mol. The van der Waals surface area contributed by atoms with Gasteiger partial charge >= 0.3 is 6.18 Å². The van der Waals surface area contributed by atoms with E-state index in [1.807, 2.05) is 0 Å². The molecule has 1 fully saturated rings. The molecule has 1 saturated carbocycles. The average Bonchev–Trinajstić information content (AvgIpc) is 2.65. The van der Waals surface area contributed by atoms with Crippen LogP contribution in [0, 0.1) is 0 Å². The number of halogens is 4. The van der Waals surface area contributed by atoms with E-state index in [1.165, 1.54) is 10.6 Å². The van der Waals surface area contributed by atoms with E-state index in [0.29, 0.717) is 23.0 Å². The summed E-state index contributed by atoms with van der Waals surface area (Å²) >= 11 is 3.06. The molecule has 7 heteroatoms. The number of rotatable bonds is 1. The quantitative estimate of drug-likeness (QED) is 0.800. The number of alkyl halides is 3. The number of aromatic nitrogens is 2. The van der Waals surface area contributed by atoms with Crippen molar-refractivity contribution in [2.45, 2.75) is 24.9 Å². The molecule has 1 aliphatic carbocycles. The van der Waals surface area contributed by atoms with Crippen LogP contribution in [-0.2, 0) is 11.0 Å². The summed E-state index contributed by atoms with van der Waals surface area (Å²) in [4.78, 5) is 15.0. The zero-order valence-electron chi connectivity index (χ0n) is 9.54. The van der Waals surface area contributed by atoms with Gasteiger partial charge in [-0.15, -0.1) is 0 Å². The molecule has 0 unspecified atom stereocenters. The number of imidazole rings is 1. The lowest BCUT2D eigenvalue weighted by Gasteiger charge is -2.21. The summed E-state index contributed by atoms with van der Waals surface area (Å²) in [7, 11) is 0. The predicted octanol–water partition coefficient (Wildman–Crippen LogP) is 3.56. The molecule has 1 aliphatic rings. The van der Waals surface area contributed by atoms with E-state index in [4.69, 9.17) is 0 Å². The number of hydrogen-bond donors (Lipinski definition) is 0. The second-order valence-electron chi connectivity index (χ2n) is 4.61. The van der Waals surface area contributed by atoms with Gasteiger partial charge in [0.2, 0.25) is 0 Å². The maximum Gasteiger partial charge on any atom is 0.420 e. The summed E-state index contributed by atoms with van der Waals surface area (Å²) in [6.45, 7) is 0. The maximum atomic E-state index is 12.9. The standard InChI is InChI=1S/C12H8BrF3N2O/c13-7-3-9(12(14,15)16)11-17-10(5-18(11)4-7)6-1-8(19)2-6/h3-6H,1-2H2. The van der Waals surface area contributed by atoms with E-state index in [2.05, 4.69) is 20.9 Å². The van der Waals surface area contributed by atoms with Gasteiger partial charge in [-0.3, -0.25) is 4.79 Å². The van der Waals surface area contributed by atoms with E-state index < -0.39 is 11.7 Å². The minimum absolute atomic E-state index is 0.0488. The minimum atomic E-state index is -4.46. The van der Waals surface area contributed by atoms with Gasteiger partial charge in [-0.05, 0) is 22.0 Å². The Hall–Kier alpha value is -1.37. The normalized spacial score (nSPS) is 16.9. The Labute approximate surface area is 114 Å². The lowest BCUT2D eigenvalue weighted by Crippen LogP contribution is -2.21. The van der Waals surface area contributed by atoms with Crippen molar-refractivity contribution in [1.82, 2.24) is 9.38 Å². The Morgan fingerprint density at radius 1 is 1.32 bits per heavy atom. The number of carbonyl (C=O) groups excluding carboxylic acids is 1. The summed E-state index contributed by atoms with van der Waals surface area (Å²) in [5, 5.41) is 0. The Balaban J connectivity index is 2.14. The highest BCUT2D eigenvalue weighted by Gasteiger charge is 2.36. The molecule has 19 heavy (non-hydrogen) atoms. The van der Waals surface area contributed by atoms with Crippen molar-refractivity contribution >= 4 is 27.4 Å². The molecule has 0 N–H and O–H groups in total. The highest BCUT2D eigenvalue weighted by Crippen LogP contribution is 2.37. The summed E-state index contributed by atoms with van der Waals surface area (Å²) < 4.78 is 40.5. The number of ketones is 1. The zero-order chi connectivity index (χ0) is 13.8. The molecule has 0 radical (unpaired) electrons. The van der Waals surface area contributed by atoms with E-state index >= 15 is 0 Å². The molecule has 0 aliphatic heterocycles. The van der Waals surface area contributed by atoms with Gasteiger partial charge in [-0.1, -0.05) is 0 Å². The van der Waals surface area contributed by atoms with E-state index in [1.54, 1.807) is 6.20 Å². The van der Waals surface area contributed by atoms with Gasteiger partial charge in [0.25, 0.3) is 0 Å². The highest BCUT2D eigenvalue weighted by atomic mass is 79.9. The molecule has 0 amide bonds. The SMILES string of the molecule is O=C1CC(c2cn3cc(Br)cc(C(F)(F)F)c3n2)C1. The van der Waals surface area contributed by atoms with Crippen molar-refractivity contribution in [3.63, 3.8) is 0 Å². The summed E-state index contributed by atoms with van der Waals surface area (Å²) in [6, 6.07) is 1.01. The van der Waals surface area contributed by atoms with Gasteiger partial charge in [0.05, 0.1) is 11.3 Å². The Morgan fingerprint density at radius 2 is 2.00 bits per heavy atom. The van der Waals surface area contributed by atoms with Gasteiger partial charge in [0.1, 0.15) is 11.4 Å². The lowest BCUT2D eigenvalue weighted by molar-refractivity contribution is -0.136. The molecule has 2 aromatic rings.